The van der Waals surface area contributed by atoms with E-state index in [9.17, 15) is 0 Å². The van der Waals surface area contributed by atoms with Gasteiger partial charge >= 0.3 is 0 Å². The van der Waals surface area contributed by atoms with Crippen molar-refractivity contribution in [2.75, 3.05) is 19.8 Å². The molecule has 0 unspecified atom stereocenters. The molecule has 0 radical (unpaired) electrons. The van der Waals surface area contributed by atoms with Crippen molar-refractivity contribution in [3.05, 3.63) is 63.4 Å². The second-order valence-electron chi connectivity index (χ2n) is 6.49. The molecule has 2 aromatic rings. The van der Waals surface area contributed by atoms with E-state index < -0.39 is 0 Å². The molecular formula is C18H14Cl8N2. The molecule has 0 saturated carbocycles. The van der Waals surface area contributed by atoms with Gasteiger partial charge in [0, 0.05) is 37.3 Å². The maximum absolute atomic E-state index is 6.35. The molecule has 1 aliphatic rings. The summed E-state index contributed by atoms with van der Waals surface area (Å²) in [4.78, 5) is 4.41. The lowest BCUT2D eigenvalue weighted by Crippen LogP contribution is -2.44. The maximum atomic E-state index is 6.35. The van der Waals surface area contributed by atoms with Crippen LogP contribution < -0.4 is 0 Å². The zero-order chi connectivity index (χ0) is 20.6. The zero-order valence-corrected chi connectivity index (χ0v) is 20.4. The number of nitrogens with zero attached hydrogens (tertiary/aromatic N) is 2. The summed E-state index contributed by atoms with van der Waals surface area (Å²) in [7, 11) is 0. The topological polar surface area (TPSA) is 6.48 Å². The van der Waals surface area contributed by atoms with Crippen molar-refractivity contribution in [2.24, 2.45) is 0 Å². The van der Waals surface area contributed by atoms with Gasteiger partial charge in [-0.1, -0.05) is 92.8 Å². The van der Waals surface area contributed by atoms with Crippen molar-refractivity contribution in [3.8, 4) is 0 Å². The molecule has 0 spiro atoms. The van der Waals surface area contributed by atoms with Crippen LogP contribution in [0.3, 0.4) is 0 Å². The van der Waals surface area contributed by atoms with Gasteiger partial charge in [-0.2, -0.15) is 0 Å². The second kappa shape index (κ2) is 9.87. The van der Waals surface area contributed by atoms with E-state index in [1.807, 2.05) is 0 Å². The summed E-state index contributed by atoms with van der Waals surface area (Å²) in [6, 6.07) is 3.10. The molecule has 1 aliphatic heterocycles. The van der Waals surface area contributed by atoms with Crippen LogP contribution in [0.15, 0.2) is 12.1 Å². The summed E-state index contributed by atoms with van der Waals surface area (Å²) in [6.45, 7) is 3.46. The lowest BCUT2D eigenvalue weighted by Gasteiger charge is -2.36. The number of benzene rings is 2. The molecule has 2 nitrogen and oxygen atoms in total. The van der Waals surface area contributed by atoms with E-state index in [1.165, 1.54) is 0 Å². The van der Waals surface area contributed by atoms with Gasteiger partial charge in [-0.25, -0.2) is 0 Å². The summed E-state index contributed by atoms with van der Waals surface area (Å²) in [5.41, 5.74) is 1.43. The van der Waals surface area contributed by atoms with E-state index in [-0.39, 0.29) is 0 Å². The molecule has 0 atom stereocenters. The Hall–Kier alpha value is 0.680. The van der Waals surface area contributed by atoms with Crippen LogP contribution in [0.2, 0.25) is 40.2 Å². The molecule has 0 aliphatic carbocycles. The molecule has 0 bridgehead atoms. The second-order valence-corrected chi connectivity index (χ2v) is 9.63. The number of halogens is 8. The molecule has 3 rings (SSSR count). The normalized spacial score (nSPS) is 16.0. The first kappa shape index (κ1) is 23.3. The minimum atomic E-state index is 0.382. The lowest BCUT2D eigenvalue weighted by molar-refractivity contribution is 0.0747. The van der Waals surface area contributed by atoms with Crippen molar-refractivity contribution < 1.29 is 0 Å². The third-order valence-corrected chi connectivity index (χ3v) is 7.82. The van der Waals surface area contributed by atoms with Gasteiger partial charge < -0.3 is 0 Å². The Morgan fingerprint density at radius 1 is 0.571 bits per heavy atom. The zero-order valence-electron chi connectivity index (χ0n) is 14.3. The summed E-state index contributed by atoms with van der Waals surface area (Å²) in [5.74, 6) is 0. The van der Waals surface area contributed by atoms with Crippen molar-refractivity contribution in [2.45, 2.75) is 19.5 Å². The number of rotatable bonds is 4. The van der Waals surface area contributed by atoms with Gasteiger partial charge in [-0.05, 0) is 18.6 Å². The molecule has 0 amide bonds. The number of hydrogen-bond acceptors (Lipinski definition) is 2. The maximum Gasteiger partial charge on any atom is 0.0653 e. The van der Waals surface area contributed by atoms with Crippen LogP contribution in [0.4, 0.5) is 0 Å². The van der Waals surface area contributed by atoms with Gasteiger partial charge in [-0.15, -0.1) is 0 Å². The third-order valence-electron chi connectivity index (χ3n) is 4.52. The van der Waals surface area contributed by atoms with Crippen LogP contribution >= 0.6 is 92.8 Å². The quantitative estimate of drug-likeness (QED) is 0.358. The average molecular weight is 542 g/mol. The predicted octanol–water partition coefficient (Wildman–Crippen LogP) is 8.58. The van der Waals surface area contributed by atoms with Gasteiger partial charge in [0.1, 0.15) is 0 Å². The summed E-state index contributed by atoms with van der Waals surface area (Å²) >= 11 is 50.0. The molecule has 0 aromatic heterocycles. The van der Waals surface area contributed by atoms with Crippen molar-refractivity contribution in [1.82, 2.24) is 9.80 Å². The van der Waals surface area contributed by atoms with Crippen LogP contribution in [0.1, 0.15) is 17.5 Å². The highest BCUT2D eigenvalue weighted by Gasteiger charge is 2.24. The van der Waals surface area contributed by atoms with E-state index in [1.54, 1.807) is 12.1 Å². The molecule has 2 aromatic carbocycles. The third kappa shape index (κ3) is 5.11. The predicted molar refractivity (Wildman–Crippen MR) is 123 cm³/mol. The molecule has 1 saturated heterocycles. The Kier molecular flexibility index (Phi) is 8.23. The summed E-state index contributed by atoms with van der Waals surface area (Å²) < 4.78 is 0. The van der Waals surface area contributed by atoms with Crippen LogP contribution in [0, 0.1) is 0 Å². The molecule has 1 heterocycles. The van der Waals surface area contributed by atoms with Crippen molar-refractivity contribution in [3.63, 3.8) is 0 Å². The number of hydrogen-bond donors (Lipinski definition) is 0. The first-order chi connectivity index (χ1) is 13.2. The minimum absolute atomic E-state index is 0.382. The van der Waals surface area contributed by atoms with Crippen molar-refractivity contribution in [1.29, 1.82) is 0 Å². The first-order valence-electron chi connectivity index (χ1n) is 8.27. The van der Waals surface area contributed by atoms with Crippen molar-refractivity contribution >= 4 is 92.8 Å². The van der Waals surface area contributed by atoms with Crippen LogP contribution in [-0.4, -0.2) is 29.6 Å². The lowest BCUT2D eigenvalue weighted by atomic mass is 10.1. The van der Waals surface area contributed by atoms with E-state index in [2.05, 4.69) is 9.80 Å². The van der Waals surface area contributed by atoms with E-state index >= 15 is 0 Å². The monoisotopic (exact) mass is 538 g/mol. The summed E-state index contributed by atoms with van der Waals surface area (Å²) in [6.07, 6.45) is 0.951. The van der Waals surface area contributed by atoms with Crippen LogP contribution in [0.5, 0.6) is 0 Å². The van der Waals surface area contributed by atoms with E-state index in [0.29, 0.717) is 71.1 Å². The van der Waals surface area contributed by atoms with Gasteiger partial charge in [0.15, 0.2) is 0 Å². The Morgan fingerprint density at radius 3 is 1.21 bits per heavy atom. The van der Waals surface area contributed by atoms with E-state index in [0.717, 1.165) is 19.5 Å². The van der Waals surface area contributed by atoms with Gasteiger partial charge in [0.25, 0.3) is 0 Å². The van der Waals surface area contributed by atoms with Crippen LogP contribution in [-0.2, 0) is 13.1 Å². The highest BCUT2D eigenvalue weighted by molar-refractivity contribution is 6.48. The molecule has 152 valence electrons. The molecule has 0 N–H and O–H groups in total. The smallest absolute Gasteiger partial charge is 0.0653 e. The Labute approximate surface area is 204 Å². The fraction of sp³-hybridized carbons (Fsp3) is 0.333. The minimum Gasteiger partial charge on any atom is -0.286 e. The summed E-state index contributed by atoms with van der Waals surface area (Å²) in [5, 5.41) is 3.20. The highest BCUT2D eigenvalue weighted by atomic mass is 35.5. The average Bonchev–Trinajstić information content (AvgIpc) is 2.66. The van der Waals surface area contributed by atoms with Gasteiger partial charge in [-0.3, -0.25) is 9.80 Å². The molecular weight excluding hydrogens is 528 g/mol. The van der Waals surface area contributed by atoms with Gasteiger partial charge in [0.2, 0.25) is 0 Å². The standard InChI is InChI=1S/C18H14Cl8N2/c19-11-4-12(20)16(24)9(15(11)23)6-27-2-1-3-28(8-27)7-10-17(25)13(21)5-14(22)18(10)26/h4-5H,1-3,6-8H2. The first-order valence-corrected chi connectivity index (χ1v) is 11.3. The molecule has 1 fully saturated rings. The Balaban J connectivity index is 1.78. The SMILES string of the molecule is Clc1cc(Cl)c(Cl)c(CN2CCCN(Cc3c(Cl)c(Cl)cc(Cl)c3Cl)C2)c1Cl. The molecule has 10 heteroatoms. The largest absolute Gasteiger partial charge is 0.286 e. The Bertz CT molecular complexity index is 778. The highest BCUT2D eigenvalue weighted by Crippen LogP contribution is 2.39. The Morgan fingerprint density at radius 2 is 0.893 bits per heavy atom. The van der Waals surface area contributed by atoms with E-state index in [4.69, 9.17) is 92.8 Å². The fourth-order valence-corrected chi connectivity index (χ4v) is 5.11. The fourth-order valence-electron chi connectivity index (χ4n) is 3.17. The molecule has 28 heavy (non-hydrogen) atoms. The van der Waals surface area contributed by atoms with Crippen LogP contribution in [0.25, 0.3) is 0 Å². The van der Waals surface area contributed by atoms with Gasteiger partial charge in [0.05, 0.1) is 46.8 Å².